The molecule has 1 aliphatic rings. The molecule has 0 spiro atoms. The molecule has 0 aromatic heterocycles. The standard InChI is InChI=1S/C11H19/c1-10(2)11-8-6-4-3-5-7-9-11/h3-4,10-11H,1,5-9H2,2H3. The van der Waals surface area contributed by atoms with Gasteiger partial charge in [0.05, 0.1) is 0 Å². The van der Waals surface area contributed by atoms with Gasteiger partial charge in [-0.25, -0.2) is 0 Å². The molecule has 1 rings (SSSR count). The predicted molar refractivity (Wildman–Crippen MR) is 50.2 cm³/mol. The van der Waals surface area contributed by atoms with Crippen LogP contribution in [0.1, 0.15) is 39.0 Å². The molecule has 1 radical (unpaired) electrons. The topological polar surface area (TPSA) is 0 Å². The molecule has 0 aliphatic heterocycles. The van der Waals surface area contributed by atoms with Crippen molar-refractivity contribution in [3.8, 4) is 0 Å². The molecule has 0 aromatic rings. The van der Waals surface area contributed by atoms with Gasteiger partial charge >= 0.3 is 0 Å². The van der Waals surface area contributed by atoms with Gasteiger partial charge in [0.1, 0.15) is 0 Å². The number of hydrogen-bond acceptors (Lipinski definition) is 0. The first kappa shape index (κ1) is 8.83. The zero-order valence-electron chi connectivity index (χ0n) is 7.55. The molecule has 0 nitrogen and oxygen atoms in total. The van der Waals surface area contributed by atoms with E-state index in [0.717, 1.165) is 5.92 Å². The highest BCUT2D eigenvalue weighted by Gasteiger charge is 2.12. The Hall–Kier alpha value is -0.260. The van der Waals surface area contributed by atoms with Crippen molar-refractivity contribution in [1.29, 1.82) is 0 Å². The van der Waals surface area contributed by atoms with Gasteiger partial charge in [-0.15, -0.1) is 0 Å². The summed E-state index contributed by atoms with van der Waals surface area (Å²) < 4.78 is 0. The van der Waals surface area contributed by atoms with E-state index in [1.165, 1.54) is 32.1 Å². The lowest BCUT2D eigenvalue weighted by Gasteiger charge is -2.20. The molecule has 0 amide bonds. The molecule has 0 saturated carbocycles. The van der Waals surface area contributed by atoms with Crippen LogP contribution in [-0.2, 0) is 0 Å². The molecule has 1 aliphatic carbocycles. The van der Waals surface area contributed by atoms with Crippen LogP contribution in [-0.4, -0.2) is 0 Å². The summed E-state index contributed by atoms with van der Waals surface area (Å²) >= 11 is 0. The SMILES string of the molecule is [CH2]C(C)C1CCC=CCCC1. The average molecular weight is 151 g/mol. The van der Waals surface area contributed by atoms with Gasteiger partial charge in [-0.1, -0.05) is 26.0 Å². The maximum absolute atomic E-state index is 4.11. The minimum absolute atomic E-state index is 0.640. The number of allylic oxidation sites excluding steroid dienone is 2. The monoisotopic (exact) mass is 151 g/mol. The van der Waals surface area contributed by atoms with Gasteiger partial charge in [-0.05, 0) is 43.9 Å². The van der Waals surface area contributed by atoms with E-state index in [2.05, 4.69) is 26.0 Å². The normalized spacial score (nSPS) is 26.6. The Balaban J connectivity index is 2.35. The molecular formula is C11H19. The molecule has 0 heteroatoms. The highest BCUT2D eigenvalue weighted by molar-refractivity contribution is 4.86. The van der Waals surface area contributed by atoms with Crippen molar-refractivity contribution in [2.75, 3.05) is 0 Å². The molecule has 0 aromatic carbocycles. The Kier molecular flexibility index (Phi) is 3.68. The molecule has 0 bridgehead atoms. The van der Waals surface area contributed by atoms with E-state index in [-0.39, 0.29) is 0 Å². The Morgan fingerprint density at radius 3 is 2.73 bits per heavy atom. The van der Waals surface area contributed by atoms with Crippen molar-refractivity contribution in [1.82, 2.24) is 0 Å². The van der Waals surface area contributed by atoms with Crippen molar-refractivity contribution >= 4 is 0 Å². The van der Waals surface area contributed by atoms with Crippen LogP contribution in [0, 0.1) is 18.8 Å². The zero-order valence-corrected chi connectivity index (χ0v) is 7.55. The van der Waals surface area contributed by atoms with Gasteiger partial charge in [0.25, 0.3) is 0 Å². The van der Waals surface area contributed by atoms with Gasteiger partial charge in [-0.2, -0.15) is 0 Å². The summed E-state index contributed by atoms with van der Waals surface area (Å²) in [7, 11) is 0. The van der Waals surface area contributed by atoms with Crippen LogP contribution in [0.3, 0.4) is 0 Å². The molecule has 63 valence electrons. The minimum atomic E-state index is 0.640. The van der Waals surface area contributed by atoms with E-state index in [1.807, 2.05) is 0 Å². The fraction of sp³-hybridized carbons (Fsp3) is 0.727. The Morgan fingerprint density at radius 2 is 2.00 bits per heavy atom. The molecule has 0 heterocycles. The van der Waals surface area contributed by atoms with E-state index in [4.69, 9.17) is 0 Å². The van der Waals surface area contributed by atoms with Crippen molar-refractivity contribution < 1.29 is 0 Å². The molecule has 0 saturated heterocycles. The average Bonchev–Trinajstić information content (AvgIpc) is 1.84. The summed E-state index contributed by atoms with van der Waals surface area (Å²) in [6, 6.07) is 0. The molecular weight excluding hydrogens is 132 g/mol. The van der Waals surface area contributed by atoms with Crippen LogP contribution >= 0.6 is 0 Å². The van der Waals surface area contributed by atoms with Crippen molar-refractivity contribution in [3.05, 3.63) is 19.1 Å². The fourth-order valence-corrected chi connectivity index (χ4v) is 1.76. The summed E-state index contributed by atoms with van der Waals surface area (Å²) in [4.78, 5) is 0. The van der Waals surface area contributed by atoms with Crippen molar-refractivity contribution in [2.45, 2.75) is 39.0 Å². The van der Waals surface area contributed by atoms with Crippen LogP contribution in [0.15, 0.2) is 12.2 Å². The smallest absolute Gasteiger partial charge is 0.0348 e. The summed E-state index contributed by atoms with van der Waals surface area (Å²) in [5.41, 5.74) is 0. The third kappa shape index (κ3) is 3.09. The second-order valence-corrected chi connectivity index (χ2v) is 3.72. The van der Waals surface area contributed by atoms with Gasteiger partial charge < -0.3 is 0 Å². The second kappa shape index (κ2) is 4.58. The van der Waals surface area contributed by atoms with Crippen molar-refractivity contribution in [2.24, 2.45) is 11.8 Å². The maximum atomic E-state index is 4.11. The highest BCUT2D eigenvalue weighted by Crippen LogP contribution is 2.24. The van der Waals surface area contributed by atoms with E-state index in [0.29, 0.717) is 5.92 Å². The largest absolute Gasteiger partial charge is 0.0885 e. The fourth-order valence-electron chi connectivity index (χ4n) is 1.76. The maximum Gasteiger partial charge on any atom is -0.0348 e. The van der Waals surface area contributed by atoms with Crippen LogP contribution < -0.4 is 0 Å². The van der Waals surface area contributed by atoms with Gasteiger partial charge in [0.15, 0.2) is 0 Å². The van der Waals surface area contributed by atoms with Crippen LogP contribution in [0.25, 0.3) is 0 Å². The van der Waals surface area contributed by atoms with E-state index < -0.39 is 0 Å². The van der Waals surface area contributed by atoms with E-state index in [1.54, 1.807) is 0 Å². The lowest BCUT2D eigenvalue weighted by Crippen LogP contribution is -2.09. The van der Waals surface area contributed by atoms with Crippen LogP contribution in [0.2, 0.25) is 0 Å². The minimum Gasteiger partial charge on any atom is -0.0885 e. The molecule has 0 fully saturated rings. The van der Waals surface area contributed by atoms with E-state index >= 15 is 0 Å². The van der Waals surface area contributed by atoms with Gasteiger partial charge in [-0.3, -0.25) is 0 Å². The van der Waals surface area contributed by atoms with E-state index in [9.17, 15) is 0 Å². The second-order valence-electron chi connectivity index (χ2n) is 3.72. The molecule has 2 unspecified atom stereocenters. The van der Waals surface area contributed by atoms with Crippen LogP contribution in [0.4, 0.5) is 0 Å². The lowest BCUT2D eigenvalue weighted by molar-refractivity contribution is 0.354. The van der Waals surface area contributed by atoms with Gasteiger partial charge in [0.2, 0.25) is 0 Å². The predicted octanol–water partition coefficient (Wildman–Crippen LogP) is 3.59. The first-order valence-corrected chi connectivity index (χ1v) is 4.79. The Morgan fingerprint density at radius 1 is 1.27 bits per heavy atom. The quantitative estimate of drug-likeness (QED) is 0.502. The first-order valence-electron chi connectivity index (χ1n) is 4.79. The molecule has 11 heavy (non-hydrogen) atoms. The summed E-state index contributed by atoms with van der Waals surface area (Å²) in [6.07, 6.45) is 11.3. The Bertz CT molecular complexity index is 122. The summed E-state index contributed by atoms with van der Waals surface area (Å²) in [6.45, 7) is 6.36. The number of rotatable bonds is 1. The number of hydrogen-bond donors (Lipinski definition) is 0. The van der Waals surface area contributed by atoms with Crippen LogP contribution in [0.5, 0.6) is 0 Å². The van der Waals surface area contributed by atoms with Gasteiger partial charge in [0, 0.05) is 0 Å². The lowest BCUT2D eigenvalue weighted by atomic mass is 9.85. The first-order chi connectivity index (χ1) is 5.30. The zero-order chi connectivity index (χ0) is 8.10. The third-order valence-electron chi connectivity index (χ3n) is 2.62. The molecule has 0 N–H and O–H groups in total. The third-order valence-corrected chi connectivity index (χ3v) is 2.62. The van der Waals surface area contributed by atoms with Crippen molar-refractivity contribution in [3.63, 3.8) is 0 Å². The summed E-state index contributed by atoms with van der Waals surface area (Å²) in [5.74, 6) is 1.52. The summed E-state index contributed by atoms with van der Waals surface area (Å²) in [5, 5.41) is 0. The highest BCUT2D eigenvalue weighted by atomic mass is 14.2. The molecule has 2 atom stereocenters. The Labute approximate surface area is 70.7 Å².